The Morgan fingerprint density at radius 2 is 1.42 bits per heavy atom. The molecule has 0 radical (unpaired) electrons. The summed E-state index contributed by atoms with van der Waals surface area (Å²) in [6.45, 7) is 15.3. The molecule has 0 bridgehead atoms. The van der Waals surface area contributed by atoms with Gasteiger partial charge in [-0.15, -0.1) is 0 Å². The van der Waals surface area contributed by atoms with Crippen molar-refractivity contribution in [3.8, 4) is 0 Å². The van der Waals surface area contributed by atoms with Gasteiger partial charge in [-0.25, -0.2) is 0 Å². The summed E-state index contributed by atoms with van der Waals surface area (Å²) in [4.78, 5) is 0. The first-order valence-corrected chi connectivity index (χ1v) is 10.3. The third-order valence-corrected chi connectivity index (χ3v) is 9.44. The first-order valence-electron chi connectivity index (χ1n) is 7.78. The largest absolute Gasteiger partial charge is 0.416 e. The smallest absolute Gasteiger partial charge is 0.192 e. The summed E-state index contributed by atoms with van der Waals surface area (Å²) < 4.78 is 18.2. The van der Waals surface area contributed by atoms with Crippen LogP contribution in [0.15, 0.2) is 0 Å². The van der Waals surface area contributed by atoms with Crippen molar-refractivity contribution in [2.45, 2.75) is 71.9 Å². The Balaban J connectivity index is 2.62. The Labute approximate surface area is 120 Å². The van der Waals surface area contributed by atoms with Crippen molar-refractivity contribution in [3.05, 3.63) is 0 Å². The predicted octanol–water partition coefficient (Wildman–Crippen LogP) is 4.19. The molecule has 4 heteroatoms. The lowest BCUT2D eigenvalue weighted by molar-refractivity contribution is -0.289. The maximum Gasteiger partial charge on any atom is 0.192 e. The molecule has 1 saturated heterocycles. The highest BCUT2D eigenvalue weighted by molar-refractivity contribution is 6.73. The highest BCUT2D eigenvalue weighted by Gasteiger charge is 2.41. The standard InChI is InChI=1S/C15H32O3Si/c1-7-15(11-16-14(5,6)17-12-15)13-18-19(8-2,9-3)10-4/h7-13H2,1-6H3. The van der Waals surface area contributed by atoms with Crippen LogP contribution in [0.1, 0.15) is 48.0 Å². The van der Waals surface area contributed by atoms with Crippen LogP contribution >= 0.6 is 0 Å². The fourth-order valence-electron chi connectivity index (χ4n) is 2.49. The van der Waals surface area contributed by atoms with Gasteiger partial charge < -0.3 is 13.9 Å². The van der Waals surface area contributed by atoms with E-state index in [2.05, 4.69) is 27.7 Å². The molecular formula is C15H32O3Si. The van der Waals surface area contributed by atoms with E-state index in [0.29, 0.717) is 0 Å². The van der Waals surface area contributed by atoms with Crippen LogP contribution in [0.4, 0.5) is 0 Å². The van der Waals surface area contributed by atoms with Crippen molar-refractivity contribution < 1.29 is 13.9 Å². The van der Waals surface area contributed by atoms with Crippen LogP contribution in [-0.4, -0.2) is 33.9 Å². The van der Waals surface area contributed by atoms with Gasteiger partial charge in [0.2, 0.25) is 0 Å². The Morgan fingerprint density at radius 1 is 0.947 bits per heavy atom. The summed E-state index contributed by atoms with van der Waals surface area (Å²) >= 11 is 0. The summed E-state index contributed by atoms with van der Waals surface area (Å²) in [5.41, 5.74) is 0.0489. The van der Waals surface area contributed by atoms with Gasteiger partial charge in [0.25, 0.3) is 0 Å². The van der Waals surface area contributed by atoms with Crippen molar-refractivity contribution in [2.24, 2.45) is 5.41 Å². The third-order valence-electron chi connectivity index (χ3n) is 4.82. The zero-order valence-corrected chi connectivity index (χ0v) is 14.7. The van der Waals surface area contributed by atoms with E-state index in [4.69, 9.17) is 13.9 Å². The lowest BCUT2D eigenvalue weighted by atomic mass is 9.87. The highest BCUT2D eigenvalue weighted by Crippen LogP contribution is 2.34. The van der Waals surface area contributed by atoms with Crippen LogP contribution in [0.25, 0.3) is 0 Å². The summed E-state index contributed by atoms with van der Waals surface area (Å²) in [7, 11) is -1.51. The molecule has 1 heterocycles. The molecule has 19 heavy (non-hydrogen) atoms. The molecule has 1 aliphatic rings. The molecular weight excluding hydrogens is 256 g/mol. The maximum atomic E-state index is 6.46. The predicted molar refractivity (Wildman–Crippen MR) is 81.9 cm³/mol. The molecule has 0 aromatic carbocycles. The van der Waals surface area contributed by atoms with Crippen LogP contribution < -0.4 is 0 Å². The number of ether oxygens (including phenoxy) is 2. The molecule has 114 valence electrons. The molecule has 0 spiro atoms. The van der Waals surface area contributed by atoms with E-state index in [0.717, 1.165) is 26.2 Å². The van der Waals surface area contributed by atoms with Gasteiger partial charge in [0.1, 0.15) is 0 Å². The molecule has 0 aliphatic carbocycles. The normalized spacial score (nSPS) is 22.4. The second kappa shape index (κ2) is 6.70. The topological polar surface area (TPSA) is 27.7 Å². The van der Waals surface area contributed by atoms with Crippen LogP contribution in [0.3, 0.4) is 0 Å². The van der Waals surface area contributed by atoms with Gasteiger partial charge >= 0.3 is 0 Å². The summed E-state index contributed by atoms with van der Waals surface area (Å²) in [5.74, 6) is -0.437. The Kier molecular flexibility index (Phi) is 6.05. The van der Waals surface area contributed by atoms with Gasteiger partial charge in [-0.1, -0.05) is 27.7 Å². The summed E-state index contributed by atoms with van der Waals surface area (Å²) in [5, 5.41) is 0. The fourth-order valence-corrected chi connectivity index (χ4v) is 5.21. The average molecular weight is 289 g/mol. The number of hydrogen-bond donors (Lipinski definition) is 0. The minimum atomic E-state index is -1.51. The second-order valence-corrected chi connectivity index (χ2v) is 11.1. The average Bonchev–Trinajstić information content (AvgIpc) is 2.43. The molecule has 0 aromatic rings. The zero-order valence-electron chi connectivity index (χ0n) is 13.7. The van der Waals surface area contributed by atoms with Gasteiger partial charge in [-0.2, -0.15) is 0 Å². The van der Waals surface area contributed by atoms with Crippen molar-refractivity contribution in [3.63, 3.8) is 0 Å². The van der Waals surface area contributed by atoms with E-state index in [1.807, 2.05) is 13.8 Å². The second-order valence-electron chi connectivity index (χ2n) is 6.36. The van der Waals surface area contributed by atoms with Gasteiger partial charge in [0.15, 0.2) is 14.1 Å². The maximum absolute atomic E-state index is 6.46. The minimum absolute atomic E-state index is 0.0489. The number of rotatable bonds is 7. The minimum Gasteiger partial charge on any atom is -0.416 e. The lowest BCUT2D eigenvalue weighted by Gasteiger charge is -2.44. The van der Waals surface area contributed by atoms with Crippen molar-refractivity contribution in [1.29, 1.82) is 0 Å². The molecule has 0 saturated carbocycles. The Morgan fingerprint density at radius 3 is 1.79 bits per heavy atom. The first kappa shape index (κ1) is 17.1. The molecule has 0 atom stereocenters. The Bertz CT molecular complexity index is 256. The monoisotopic (exact) mass is 288 g/mol. The van der Waals surface area contributed by atoms with E-state index in [1.165, 1.54) is 18.1 Å². The Hall–Kier alpha value is 0.0969. The van der Waals surface area contributed by atoms with E-state index in [9.17, 15) is 0 Å². The van der Waals surface area contributed by atoms with Crippen LogP contribution in [0, 0.1) is 5.41 Å². The van der Waals surface area contributed by atoms with Crippen LogP contribution in [-0.2, 0) is 13.9 Å². The molecule has 1 aliphatic heterocycles. The zero-order chi connectivity index (χ0) is 14.6. The van der Waals surface area contributed by atoms with E-state index in [-0.39, 0.29) is 5.41 Å². The molecule has 0 aromatic heterocycles. The van der Waals surface area contributed by atoms with E-state index >= 15 is 0 Å². The first-order chi connectivity index (χ1) is 8.86. The molecule has 1 fully saturated rings. The van der Waals surface area contributed by atoms with Gasteiger partial charge in [-0.3, -0.25) is 0 Å². The van der Waals surface area contributed by atoms with Gasteiger partial charge in [0, 0.05) is 12.0 Å². The van der Waals surface area contributed by atoms with Gasteiger partial charge in [0.05, 0.1) is 13.2 Å². The molecule has 3 nitrogen and oxygen atoms in total. The highest BCUT2D eigenvalue weighted by atomic mass is 28.4. The van der Waals surface area contributed by atoms with Gasteiger partial charge in [-0.05, 0) is 38.4 Å². The van der Waals surface area contributed by atoms with Crippen LogP contribution in [0.2, 0.25) is 18.1 Å². The summed E-state index contributed by atoms with van der Waals surface area (Å²) in [6, 6.07) is 3.60. The lowest BCUT2D eigenvalue weighted by Crippen LogP contribution is -2.50. The molecule has 1 rings (SSSR count). The molecule has 0 unspecified atom stereocenters. The number of hydrogen-bond acceptors (Lipinski definition) is 3. The van der Waals surface area contributed by atoms with Crippen molar-refractivity contribution >= 4 is 8.32 Å². The van der Waals surface area contributed by atoms with Crippen molar-refractivity contribution in [2.75, 3.05) is 19.8 Å². The quantitative estimate of drug-likeness (QED) is 0.658. The molecule has 0 amide bonds. The fraction of sp³-hybridized carbons (Fsp3) is 1.00. The molecule has 0 N–H and O–H groups in total. The van der Waals surface area contributed by atoms with E-state index in [1.54, 1.807) is 0 Å². The van der Waals surface area contributed by atoms with Crippen molar-refractivity contribution in [1.82, 2.24) is 0 Å². The van der Waals surface area contributed by atoms with Crippen LogP contribution in [0.5, 0.6) is 0 Å². The SMILES string of the molecule is CCC1(CO[Si](CC)(CC)CC)COC(C)(C)OC1. The third kappa shape index (κ3) is 4.28. The van der Waals surface area contributed by atoms with E-state index < -0.39 is 14.1 Å². The summed E-state index contributed by atoms with van der Waals surface area (Å²) in [6.07, 6.45) is 1.05.